The Bertz CT molecular complexity index is 478. The summed E-state index contributed by atoms with van der Waals surface area (Å²) in [6.07, 6.45) is 1.79. The van der Waals surface area contributed by atoms with Gasteiger partial charge in [0, 0.05) is 51.5 Å². The lowest BCUT2D eigenvalue weighted by atomic mass is 10.3. The standard InChI is InChI=1S/C13H19N3O3/c17-12-3-1-2-4-16(12)10-9-14-5-7-15(8-6-14)11-13(18)19/h1-4H,5-11H2,(H,18,19). The number of nitrogens with zero attached hydrogens (tertiary/aromatic N) is 3. The molecule has 1 fully saturated rings. The molecule has 1 saturated heterocycles. The number of carbonyl (C=O) groups is 1. The van der Waals surface area contributed by atoms with E-state index in [1.807, 2.05) is 11.0 Å². The van der Waals surface area contributed by atoms with E-state index in [1.165, 1.54) is 0 Å². The largest absolute Gasteiger partial charge is 0.480 e. The summed E-state index contributed by atoms with van der Waals surface area (Å²) in [4.78, 5) is 26.3. The average molecular weight is 265 g/mol. The highest BCUT2D eigenvalue weighted by Crippen LogP contribution is 2.01. The summed E-state index contributed by atoms with van der Waals surface area (Å²) in [5, 5.41) is 8.72. The van der Waals surface area contributed by atoms with E-state index in [-0.39, 0.29) is 12.1 Å². The third kappa shape index (κ3) is 4.18. The first kappa shape index (κ1) is 13.8. The molecule has 0 aromatic carbocycles. The maximum Gasteiger partial charge on any atom is 0.317 e. The Labute approximate surface area is 111 Å². The molecular formula is C13H19N3O3. The molecule has 1 aliphatic rings. The highest BCUT2D eigenvalue weighted by Gasteiger charge is 2.18. The molecule has 1 aromatic heterocycles. The second-order valence-electron chi connectivity index (χ2n) is 4.74. The van der Waals surface area contributed by atoms with Crippen LogP contribution in [0, 0.1) is 0 Å². The van der Waals surface area contributed by atoms with Crippen molar-refractivity contribution < 1.29 is 9.90 Å². The SMILES string of the molecule is O=C(O)CN1CCN(CCn2ccccc2=O)CC1. The highest BCUT2D eigenvalue weighted by molar-refractivity contribution is 5.69. The van der Waals surface area contributed by atoms with Crippen LogP contribution in [-0.4, -0.2) is 64.7 Å². The van der Waals surface area contributed by atoms with Gasteiger partial charge < -0.3 is 9.67 Å². The molecular weight excluding hydrogens is 246 g/mol. The van der Waals surface area contributed by atoms with Gasteiger partial charge in [-0.2, -0.15) is 0 Å². The number of hydrogen-bond acceptors (Lipinski definition) is 4. The maximum absolute atomic E-state index is 11.5. The fourth-order valence-corrected chi connectivity index (χ4v) is 2.26. The van der Waals surface area contributed by atoms with Gasteiger partial charge in [0.15, 0.2) is 0 Å². The summed E-state index contributed by atoms with van der Waals surface area (Å²) in [6.45, 7) is 4.88. The van der Waals surface area contributed by atoms with E-state index in [1.54, 1.807) is 22.9 Å². The molecule has 0 saturated carbocycles. The minimum atomic E-state index is -0.774. The van der Waals surface area contributed by atoms with Crippen molar-refractivity contribution >= 4 is 5.97 Å². The number of carboxylic acid groups (broad SMARTS) is 1. The Morgan fingerprint density at radius 2 is 1.79 bits per heavy atom. The van der Waals surface area contributed by atoms with E-state index in [9.17, 15) is 9.59 Å². The molecule has 0 spiro atoms. The molecule has 0 atom stereocenters. The van der Waals surface area contributed by atoms with Crippen LogP contribution in [0.4, 0.5) is 0 Å². The minimum Gasteiger partial charge on any atom is -0.480 e. The maximum atomic E-state index is 11.5. The quantitative estimate of drug-likeness (QED) is 0.781. The lowest BCUT2D eigenvalue weighted by Crippen LogP contribution is -2.48. The van der Waals surface area contributed by atoms with Gasteiger partial charge in [-0.25, -0.2) is 0 Å². The number of aliphatic carboxylic acids is 1. The van der Waals surface area contributed by atoms with Gasteiger partial charge in [-0.15, -0.1) is 0 Å². The minimum absolute atomic E-state index is 0.0204. The van der Waals surface area contributed by atoms with E-state index in [0.29, 0.717) is 6.54 Å². The molecule has 6 nitrogen and oxygen atoms in total. The molecule has 0 amide bonds. The summed E-state index contributed by atoms with van der Waals surface area (Å²) < 4.78 is 1.70. The Hall–Kier alpha value is -1.66. The second kappa shape index (κ2) is 6.49. The van der Waals surface area contributed by atoms with Gasteiger partial charge in [-0.1, -0.05) is 6.07 Å². The van der Waals surface area contributed by atoms with Crippen LogP contribution in [-0.2, 0) is 11.3 Å². The van der Waals surface area contributed by atoms with Gasteiger partial charge in [0.2, 0.25) is 0 Å². The fraction of sp³-hybridized carbons (Fsp3) is 0.538. The molecule has 2 rings (SSSR count). The van der Waals surface area contributed by atoms with E-state index in [0.717, 1.165) is 32.7 Å². The summed E-state index contributed by atoms with van der Waals surface area (Å²) in [5.41, 5.74) is 0.0204. The van der Waals surface area contributed by atoms with Crippen molar-refractivity contribution in [1.82, 2.24) is 14.4 Å². The predicted octanol–water partition coefficient (Wildman–Crippen LogP) is -0.449. The molecule has 0 aliphatic carbocycles. The Morgan fingerprint density at radius 3 is 2.42 bits per heavy atom. The monoisotopic (exact) mass is 265 g/mol. The van der Waals surface area contributed by atoms with Crippen molar-refractivity contribution in [2.45, 2.75) is 6.54 Å². The number of piperazine rings is 1. The topological polar surface area (TPSA) is 65.8 Å². The van der Waals surface area contributed by atoms with Gasteiger partial charge in [-0.3, -0.25) is 19.4 Å². The summed E-state index contributed by atoms with van der Waals surface area (Å²) in [7, 11) is 0. The van der Waals surface area contributed by atoms with Crippen molar-refractivity contribution in [2.24, 2.45) is 0 Å². The van der Waals surface area contributed by atoms with Crippen LogP contribution in [0.1, 0.15) is 0 Å². The fourth-order valence-electron chi connectivity index (χ4n) is 2.26. The van der Waals surface area contributed by atoms with Crippen LogP contribution >= 0.6 is 0 Å². The third-order valence-electron chi connectivity index (χ3n) is 3.38. The number of aromatic nitrogens is 1. The highest BCUT2D eigenvalue weighted by atomic mass is 16.4. The number of carboxylic acids is 1. The van der Waals surface area contributed by atoms with Crippen molar-refractivity contribution in [2.75, 3.05) is 39.3 Å². The third-order valence-corrected chi connectivity index (χ3v) is 3.38. The Balaban J connectivity index is 1.76. The van der Waals surface area contributed by atoms with E-state index >= 15 is 0 Å². The van der Waals surface area contributed by atoms with E-state index < -0.39 is 5.97 Å². The first-order valence-corrected chi connectivity index (χ1v) is 6.47. The first-order chi connectivity index (χ1) is 9.15. The molecule has 0 bridgehead atoms. The second-order valence-corrected chi connectivity index (χ2v) is 4.74. The zero-order valence-corrected chi connectivity index (χ0v) is 10.9. The lowest BCUT2D eigenvalue weighted by Gasteiger charge is -2.33. The average Bonchev–Trinajstić information content (AvgIpc) is 2.39. The van der Waals surface area contributed by atoms with Gasteiger partial charge >= 0.3 is 5.97 Å². The van der Waals surface area contributed by atoms with Crippen LogP contribution in [0.15, 0.2) is 29.2 Å². The molecule has 2 heterocycles. The molecule has 0 radical (unpaired) electrons. The number of hydrogen-bond donors (Lipinski definition) is 1. The van der Waals surface area contributed by atoms with Crippen molar-refractivity contribution in [1.29, 1.82) is 0 Å². The van der Waals surface area contributed by atoms with E-state index in [2.05, 4.69) is 4.90 Å². The number of rotatable bonds is 5. The zero-order chi connectivity index (χ0) is 13.7. The van der Waals surface area contributed by atoms with Crippen LogP contribution in [0.3, 0.4) is 0 Å². The van der Waals surface area contributed by atoms with Gasteiger partial charge in [-0.05, 0) is 6.07 Å². The molecule has 19 heavy (non-hydrogen) atoms. The molecule has 1 aromatic rings. The van der Waals surface area contributed by atoms with Gasteiger partial charge in [0.05, 0.1) is 6.54 Å². The predicted molar refractivity (Wildman–Crippen MR) is 71.2 cm³/mol. The van der Waals surface area contributed by atoms with Crippen molar-refractivity contribution in [3.05, 3.63) is 34.7 Å². The smallest absolute Gasteiger partial charge is 0.317 e. The molecule has 104 valence electrons. The van der Waals surface area contributed by atoms with Crippen LogP contribution < -0.4 is 5.56 Å². The molecule has 1 aliphatic heterocycles. The van der Waals surface area contributed by atoms with Gasteiger partial charge in [0.25, 0.3) is 5.56 Å². The summed E-state index contributed by atoms with van der Waals surface area (Å²) in [6, 6.07) is 5.15. The van der Waals surface area contributed by atoms with Crippen LogP contribution in [0.5, 0.6) is 0 Å². The Kier molecular flexibility index (Phi) is 4.70. The lowest BCUT2D eigenvalue weighted by molar-refractivity contribution is -0.138. The van der Waals surface area contributed by atoms with Crippen LogP contribution in [0.25, 0.3) is 0 Å². The first-order valence-electron chi connectivity index (χ1n) is 6.47. The van der Waals surface area contributed by atoms with Crippen molar-refractivity contribution in [3.63, 3.8) is 0 Å². The normalized spacial score (nSPS) is 17.5. The molecule has 1 N–H and O–H groups in total. The van der Waals surface area contributed by atoms with Gasteiger partial charge in [0.1, 0.15) is 0 Å². The molecule has 6 heteroatoms. The zero-order valence-electron chi connectivity index (χ0n) is 10.9. The van der Waals surface area contributed by atoms with Crippen molar-refractivity contribution in [3.8, 4) is 0 Å². The molecule has 0 unspecified atom stereocenters. The number of pyridine rings is 1. The van der Waals surface area contributed by atoms with Crippen LogP contribution in [0.2, 0.25) is 0 Å². The van der Waals surface area contributed by atoms with E-state index in [4.69, 9.17) is 5.11 Å². The summed E-state index contributed by atoms with van der Waals surface area (Å²) >= 11 is 0. The Morgan fingerprint density at radius 1 is 1.11 bits per heavy atom. The summed E-state index contributed by atoms with van der Waals surface area (Å²) in [5.74, 6) is -0.774.